The summed E-state index contributed by atoms with van der Waals surface area (Å²) in [6.45, 7) is 4.17. The highest BCUT2D eigenvalue weighted by Gasteiger charge is 2.62. The van der Waals surface area contributed by atoms with Crippen molar-refractivity contribution in [3.05, 3.63) is 59.7 Å². The highest BCUT2D eigenvalue weighted by atomic mass is 16.2. The van der Waals surface area contributed by atoms with Gasteiger partial charge in [-0.25, -0.2) is 4.98 Å². The fraction of sp³-hybridized carbons (Fsp3) is 0.409. The molecule has 150 valence electrons. The molecule has 1 aromatic heterocycles. The number of fused-ring (bicyclic) bond motifs is 5. The predicted molar refractivity (Wildman–Crippen MR) is 109 cm³/mol. The van der Waals surface area contributed by atoms with Crippen LogP contribution in [0.5, 0.6) is 0 Å². The summed E-state index contributed by atoms with van der Waals surface area (Å²) >= 11 is 0. The zero-order valence-corrected chi connectivity index (χ0v) is 16.6. The van der Waals surface area contributed by atoms with Crippen LogP contribution < -0.4 is 10.6 Å². The number of hydrogen-bond donors (Lipinski definition) is 3. The van der Waals surface area contributed by atoms with E-state index in [2.05, 4.69) is 52.7 Å². The Morgan fingerprint density at radius 3 is 2.86 bits per heavy atom. The minimum Gasteiger partial charge on any atom is -0.364 e. The van der Waals surface area contributed by atoms with Crippen molar-refractivity contribution in [3.8, 4) is 0 Å². The minimum atomic E-state index is -0.580. The van der Waals surface area contributed by atoms with Crippen molar-refractivity contribution in [2.24, 2.45) is 0 Å². The summed E-state index contributed by atoms with van der Waals surface area (Å²) in [4.78, 5) is 35.3. The van der Waals surface area contributed by atoms with E-state index in [-0.39, 0.29) is 23.4 Å². The first-order valence-corrected chi connectivity index (χ1v) is 10.1. The number of hydrogen-bond acceptors (Lipinski definition) is 4. The molecule has 2 aromatic rings. The second-order valence-corrected chi connectivity index (χ2v) is 8.54. The quantitative estimate of drug-likeness (QED) is 0.696. The van der Waals surface area contributed by atoms with Gasteiger partial charge in [-0.1, -0.05) is 29.8 Å². The molecule has 3 aliphatic rings. The molecule has 7 heteroatoms. The Bertz CT molecular complexity index is 994. The highest BCUT2D eigenvalue weighted by Crippen LogP contribution is 2.54. The van der Waals surface area contributed by atoms with Crippen molar-refractivity contribution in [1.29, 1.82) is 0 Å². The van der Waals surface area contributed by atoms with E-state index in [0.29, 0.717) is 12.8 Å². The van der Waals surface area contributed by atoms with Crippen LogP contribution in [0.4, 0.5) is 5.69 Å². The van der Waals surface area contributed by atoms with Gasteiger partial charge in [0.25, 0.3) is 0 Å². The number of imidazole rings is 1. The lowest BCUT2D eigenvalue weighted by atomic mass is 9.75. The van der Waals surface area contributed by atoms with Gasteiger partial charge in [-0.05, 0) is 38.3 Å². The number of nitrogens with one attached hydrogen (secondary N) is 3. The highest BCUT2D eigenvalue weighted by molar-refractivity contribution is 5.99. The topological polar surface area (TPSA) is 90.1 Å². The lowest BCUT2D eigenvalue weighted by molar-refractivity contribution is -0.148. The molecule has 7 nitrogen and oxygen atoms in total. The first-order chi connectivity index (χ1) is 14.0. The van der Waals surface area contributed by atoms with Gasteiger partial charge in [0.15, 0.2) is 0 Å². The molecule has 0 bridgehead atoms. The van der Waals surface area contributed by atoms with Gasteiger partial charge in [0.05, 0.1) is 6.33 Å². The first-order valence-electron chi connectivity index (χ1n) is 10.1. The number of aromatic amines is 1. The third-order valence-corrected chi connectivity index (χ3v) is 6.48. The van der Waals surface area contributed by atoms with E-state index >= 15 is 0 Å². The maximum Gasteiger partial charge on any atom is 0.247 e. The van der Waals surface area contributed by atoms with Crippen LogP contribution in [-0.2, 0) is 21.4 Å². The standard InChI is InChI=1S/C22H25N5O2/c1-13(2)7-8-22-10-18-19(28)25-17(9-14-11-23-12-24-14)20(29)27(18)21(22)26-16-6-4-3-5-15(16)22/h3-7,11-12,17-18,21,26H,8-10H2,1-2H3,(H,23,24)(H,25,28)/t17-,18-,21-,22-/m0/s1. The van der Waals surface area contributed by atoms with Gasteiger partial charge in [-0.3, -0.25) is 9.59 Å². The van der Waals surface area contributed by atoms with E-state index in [1.165, 1.54) is 11.1 Å². The molecule has 4 atom stereocenters. The number of aromatic nitrogens is 2. The molecule has 29 heavy (non-hydrogen) atoms. The average Bonchev–Trinajstić information content (AvgIpc) is 3.38. The number of carbonyl (C=O) groups excluding carboxylic acids is 2. The summed E-state index contributed by atoms with van der Waals surface area (Å²) in [7, 11) is 0. The molecule has 0 saturated carbocycles. The van der Waals surface area contributed by atoms with E-state index in [0.717, 1.165) is 17.8 Å². The summed E-state index contributed by atoms with van der Waals surface area (Å²) in [6.07, 6.45) is 7.11. The Kier molecular flexibility index (Phi) is 4.01. The number of nitrogens with zero attached hydrogens (tertiary/aromatic N) is 2. The third kappa shape index (κ3) is 2.68. The SMILES string of the molecule is CC(C)=CC[C@@]12C[C@H]3C(=O)N[C@@H](Cc4cnc[nH]4)C(=O)N3[C@@H]1Nc1ccccc12. The lowest BCUT2D eigenvalue weighted by Gasteiger charge is -2.38. The lowest BCUT2D eigenvalue weighted by Crippen LogP contribution is -2.64. The number of allylic oxidation sites excluding steroid dienone is 2. The van der Waals surface area contributed by atoms with Crippen LogP contribution in [0.1, 0.15) is 37.9 Å². The molecule has 5 rings (SSSR count). The van der Waals surface area contributed by atoms with Crippen LogP contribution in [-0.4, -0.2) is 44.9 Å². The molecule has 0 radical (unpaired) electrons. The molecule has 2 fully saturated rings. The zero-order valence-electron chi connectivity index (χ0n) is 16.6. The van der Waals surface area contributed by atoms with Gasteiger partial charge in [0.2, 0.25) is 11.8 Å². The molecule has 3 aliphatic heterocycles. The normalized spacial score (nSPS) is 29.6. The van der Waals surface area contributed by atoms with Crippen molar-refractivity contribution in [1.82, 2.24) is 20.2 Å². The average molecular weight is 391 g/mol. The maximum atomic E-state index is 13.5. The van der Waals surface area contributed by atoms with E-state index in [1.54, 1.807) is 17.4 Å². The van der Waals surface area contributed by atoms with Crippen molar-refractivity contribution in [3.63, 3.8) is 0 Å². The van der Waals surface area contributed by atoms with Gasteiger partial charge in [-0.2, -0.15) is 0 Å². The molecular formula is C22H25N5O2. The third-order valence-electron chi connectivity index (χ3n) is 6.48. The summed E-state index contributed by atoms with van der Waals surface area (Å²) in [5.41, 5.74) is 4.03. The van der Waals surface area contributed by atoms with Crippen LogP contribution in [0.2, 0.25) is 0 Å². The molecule has 0 aliphatic carbocycles. The van der Waals surface area contributed by atoms with Crippen molar-refractivity contribution in [2.75, 3.05) is 5.32 Å². The van der Waals surface area contributed by atoms with Crippen molar-refractivity contribution >= 4 is 17.5 Å². The molecule has 4 heterocycles. The summed E-state index contributed by atoms with van der Waals surface area (Å²) in [5, 5.41) is 6.52. The number of anilines is 1. The second kappa shape index (κ2) is 6.47. The molecule has 2 amide bonds. The van der Waals surface area contributed by atoms with Gasteiger partial charge in [0, 0.05) is 29.4 Å². The Hall–Kier alpha value is -3.09. The van der Waals surface area contributed by atoms with Crippen LogP contribution in [0.3, 0.4) is 0 Å². The van der Waals surface area contributed by atoms with Gasteiger partial charge < -0.3 is 20.5 Å². The molecule has 1 aromatic carbocycles. The number of para-hydroxylation sites is 1. The number of H-pyrrole nitrogens is 1. The number of benzene rings is 1. The molecule has 2 saturated heterocycles. The fourth-order valence-corrected chi connectivity index (χ4v) is 5.11. The number of carbonyl (C=O) groups is 2. The smallest absolute Gasteiger partial charge is 0.247 e. The van der Waals surface area contributed by atoms with E-state index in [4.69, 9.17) is 0 Å². The number of rotatable bonds is 4. The molecule has 3 N–H and O–H groups in total. The van der Waals surface area contributed by atoms with E-state index in [9.17, 15) is 9.59 Å². The number of amides is 2. The summed E-state index contributed by atoms with van der Waals surface area (Å²) < 4.78 is 0. The maximum absolute atomic E-state index is 13.5. The Morgan fingerprint density at radius 1 is 1.28 bits per heavy atom. The monoisotopic (exact) mass is 391 g/mol. The van der Waals surface area contributed by atoms with E-state index in [1.807, 2.05) is 12.1 Å². The molecular weight excluding hydrogens is 366 g/mol. The van der Waals surface area contributed by atoms with E-state index < -0.39 is 12.1 Å². The predicted octanol–water partition coefficient (Wildman–Crippen LogP) is 2.10. The van der Waals surface area contributed by atoms with Gasteiger partial charge in [-0.15, -0.1) is 0 Å². The summed E-state index contributed by atoms with van der Waals surface area (Å²) in [5.74, 6) is -0.104. The van der Waals surface area contributed by atoms with Crippen LogP contribution in [0, 0.1) is 0 Å². The van der Waals surface area contributed by atoms with Crippen LogP contribution in [0.15, 0.2) is 48.4 Å². The Balaban J connectivity index is 1.53. The molecule has 0 unspecified atom stereocenters. The summed E-state index contributed by atoms with van der Waals surface area (Å²) in [6, 6.07) is 7.20. The Labute approximate surface area is 169 Å². The fourth-order valence-electron chi connectivity index (χ4n) is 5.11. The first kappa shape index (κ1) is 18.0. The largest absolute Gasteiger partial charge is 0.364 e. The minimum absolute atomic E-state index is 0.0337. The van der Waals surface area contributed by atoms with Crippen LogP contribution >= 0.6 is 0 Å². The van der Waals surface area contributed by atoms with Crippen molar-refractivity contribution in [2.45, 2.75) is 56.8 Å². The number of piperazine rings is 1. The zero-order chi connectivity index (χ0) is 20.2. The second-order valence-electron chi connectivity index (χ2n) is 8.54. The van der Waals surface area contributed by atoms with Crippen LogP contribution in [0.25, 0.3) is 0 Å². The van der Waals surface area contributed by atoms with Gasteiger partial charge >= 0.3 is 0 Å². The van der Waals surface area contributed by atoms with Crippen molar-refractivity contribution < 1.29 is 9.59 Å². The Morgan fingerprint density at radius 2 is 2.10 bits per heavy atom. The molecule has 0 spiro atoms. The van der Waals surface area contributed by atoms with Gasteiger partial charge in [0.1, 0.15) is 18.2 Å².